The molecule has 0 aromatic carbocycles. The van der Waals surface area contributed by atoms with Crippen LogP contribution in [0, 0.1) is 0 Å². The van der Waals surface area contributed by atoms with Crippen molar-refractivity contribution < 1.29 is 71.7 Å². The molecule has 0 atom stereocenters. The molecule has 536 valence electrons. The number of nitrogens with zero attached hydrogens (tertiary/aromatic N) is 11. The van der Waals surface area contributed by atoms with E-state index in [9.17, 15) is 57.5 Å². The summed E-state index contributed by atoms with van der Waals surface area (Å²) < 4.78 is 28.5. The summed E-state index contributed by atoms with van der Waals surface area (Å²) in [7, 11) is 13.2. The predicted molar refractivity (Wildman–Crippen MR) is 369 cm³/mol. The molecule has 0 aliphatic carbocycles. The summed E-state index contributed by atoms with van der Waals surface area (Å²) in [4.78, 5) is 169. The number of hydrogen-bond acceptors (Lipinski definition) is 18. The van der Waals surface area contributed by atoms with E-state index in [-0.39, 0.29) is 145 Å². The van der Waals surface area contributed by atoms with E-state index in [1.54, 1.807) is 137 Å². The lowest BCUT2D eigenvalue weighted by Crippen LogP contribution is -2.27. The van der Waals surface area contributed by atoms with Crippen LogP contribution in [-0.4, -0.2) is 168 Å². The van der Waals surface area contributed by atoms with Gasteiger partial charge in [-0.15, -0.1) is 0 Å². The molecule has 8 aromatic rings. The van der Waals surface area contributed by atoms with Gasteiger partial charge in [-0.2, -0.15) is 0 Å². The van der Waals surface area contributed by atoms with Crippen molar-refractivity contribution in [1.82, 2.24) is 56.8 Å². The van der Waals surface area contributed by atoms with Gasteiger partial charge in [-0.05, 0) is 60.7 Å². The maximum atomic E-state index is 13.6. The maximum absolute atomic E-state index is 13.6. The van der Waals surface area contributed by atoms with E-state index in [4.69, 9.17) is 14.2 Å². The minimum Gasteiger partial charge on any atom is -0.379 e. The fourth-order valence-corrected chi connectivity index (χ4v) is 11.3. The van der Waals surface area contributed by atoms with Gasteiger partial charge in [0, 0.05) is 171 Å². The Morgan fingerprint density at radius 3 is 1.39 bits per heavy atom. The number of hydrogen-bond donors (Lipinski definition) is 5. The predicted octanol–water partition coefficient (Wildman–Crippen LogP) is 5.62. The number of aromatic nitrogens is 11. The topological polar surface area (TPSA) is 371 Å². The molecule has 0 aliphatic heterocycles. The van der Waals surface area contributed by atoms with Crippen LogP contribution < -0.4 is 26.6 Å². The highest BCUT2D eigenvalue weighted by molar-refractivity contribution is 6.09. The molecule has 8 rings (SSSR count). The second-order valence-electron chi connectivity index (χ2n) is 24.8. The van der Waals surface area contributed by atoms with E-state index in [2.05, 4.69) is 41.5 Å². The van der Waals surface area contributed by atoms with Crippen molar-refractivity contribution >= 4 is 92.9 Å². The Labute approximate surface area is 582 Å². The van der Waals surface area contributed by atoms with Gasteiger partial charge < -0.3 is 77.3 Å². The summed E-state index contributed by atoms with van der Waals surface area (Å²) in [6.07, 6.45) is 15.0. The Balaban J connectivity index is 0.719. The molecule has 101 heavy (non-hydrogen) atoms. The van der Waals surface area contributed by atoms with Crippen LogP contribution in [0.4, 0.5) is 22.9 Å². The molecule has 31 heteroatoms. The number of imidazole rings is 3. The maximum Gasteiger partial charge on any atom is 0.287 e. The first kappa shape index (κ1) is 75.7. The van der Waals surface area contributed by atoms with Gasteiger partial charge in [0.25, 0.3) is 23.6 Å². The molecule has 0 unspecified atom stereocenters. The minimum absolute atomic E-state index is 0.00268. The molecule has 8 aromatic heterocycles. The fourth-order valence-electron chi connectivity index (χ4n) is 11.3. The van der Waals surface area contributed by atoms with Crippen LogP contribution in [0.5, 0.6) is 0 Å². The molecule has 5 amide bonds. The number of ketones is 7. The first-order valence-electron chi connectivity index (χ1n) is 32.9. The number of nitrogens with one attached hydrogen (secondary N) is 5. The van der Waals surface area contributed by atoms with Crippen molar-refractivity contribution in [3.63, 3.8) is 0 Å². The van der Waals surface area contributed by atoms with Crippen molar-refractivity contribution in [3.05, 3.63) is 148 Å². The Kier molecular flexibility index (Phi) is 26.3. The van der Waals surface area contributed by atoms with Gasteiger partial charge in [-0.3, -0.25) is 57.5 Å². The van der Waals surface area contributed by atoms with Crippen LogP contribution >= 0.6 is 0 Å². The SMILES string of the molecule is CCC(=O)COCCOCCOCCCC(=O)CCCC(=O)c1cc(CC(=O)c2nc(CC(=O)c3nc(CC(=O)c4cc(CC(=O)CCCNC(=O)c5nc(NC(=O)c6cc(NC(=O)c7cc(NC(=O)c8cc(NC(C)=O)cn8C)cn7C)cn6C)cn5C)cn4C)cn3C)cn2C)cn1C. The molecule has 0 saturated heterocycles. The third-order valence-corrected chi connectivity index (χ3v) is 16.3. The summed E-state index contributed by atoms with van der Waals surface area (Å²) in [5.41, 5.74) is 4.40. The van der Waals surface area contributed by atoms with Crippen molar-refractivity contribution in [2.45, 2.75) is 90.9 Å². The number of carbonyl (C=O) groups excluding carboxylic acids is 12. The molecule has 31 nitrogen and oxygen atoms in total. The monoisotopic (exact) mass is 1390 g/mol. The third kappa shape index (κ3) is 21.2. The largest absolute Gasteiger partial charge is 0.379 e. The Morgan fingerprint density at radius 1 is 0.376 bits per heavy atom. The number of carbonyl (C=O) groups is 12. The van der Waals surface area contributed by atoms with Crippen LogP contribution in [0.1, 0.15) is 172 Å². The number of Topliss-reactive ketones (excluding diaryl/α,β-unsaturated/α-hetero) is 7. The average molecular weight is 1390 g/mol. The van der Waals surface area contributed by atoms with Crippen molar-refractivity contribution in [3.8, 4) is 0 Å². The van der Waals surface area contributed by atoms with Crippen LogP contribution in [0.3, 0.4) is 0 Å². The molecule has 8 heterocycles. The van der Waals surface area contributed by atoms with Gasteiger partial charge in [0.05, 0.1) is 79.1 Å². The van der Waals surface area contributed by atoms with Crippen molar-refractivity contribution in [1.29, 1.82) is 0 Å². The number of ether oxygens (including phenoxy) is 3. The molecule has 0 fully saturated rings. The van der Waals surface area contributed by atoms with Crippen LogP contribution in [0.15, 0.2) is 79.9 Å². The molecule has 0 spiro atoms. The number of amides is 5. The Hall–Kier alpha value is -11.1. The Morgan fingerprint density at radius 2 is 0.832 bits per heavy atom. The number of aryl methyl sites for hydroxylation is 8. The van der Waals surface area contributed by atoms with Crippen molar-refractivity contribution in [2.75, 3.05) is 67.5 Å². The summed E-state index contributed by atoms with van der Waals surface area (Å²) in [5.74, 6) is -3.29. The normalized spacial score (nSPS) is 11.2. The first-order chi connectivity index (χ1) is 48.1. The molecular weight excluding hydrogens is 1300 g/mol. The van der Waals surface area contributed by atoms with Gasteiger partial charge in [-0.1, -0.05) is 6.92 Å². The highest BCUT2D eigenvalue weighted by Gasteiger charge is 2.25. The van der Waals surface area contributed by atoms with Gasteiger partial charge in [-0.25, -0.2) is 15.0 Å². The van der Waals surface area contributed by atoms with E-state index >= 15 is 0 Å². The van der Waals surface area contributed by atoms with Crippen LogP contribution in [0.2, 0.25) is 0 Å². The van der Waals surface area contributed by atoms with E-state index in [0.717, 1.165) is 0 Å². The van der Waals surface area contributed by atoms with Gasteiger partial charge in [0.15, 0.2) is 34.8 Å². The zero-order chi connectivity index (χ0) is 73.2. The molecule has 0 radical (unpaired) electrons. The van der Waals surface area contributed by atoms with Crippen molar-refractivity contribution in [2.24, 2.45) is 56.4 Å². The Bertz CT molecular complexity index is 4420. The standard InChI is InChI=1S/C70H86N16O15/c1-11-51(88)42-101-24-23-100-22-21-99-20-14-17-52(89)15-12-18-59(91)54-27-45(35-79(54)3)28-61(93)64-74-50(40-84(64)8)33-62(94)65-73-49(39-85(65)9)32-60(92)55-26-44(34-80(55)4)25-53(90)16-13-19-71-70(98)66-77-63(41-86(66)10)78-69(97)58-31-48(38-83(58)7)76-68(96)57-30-47(37-82(57)6)75-67(95)56-29-46(36-81(56)5)72-43(2)87/h26-27,29-31,34-41H,11-25,28,32-33,42H2,1-10H3,(H,71,98)(H,72,87)(H,75,95)(H,76,96)(H,78,97). The highest BCUT2D eigenvalue weighted by Crippen LogP contribution is 2.23. The smallest absolute Gasteiger partial charge is 0.287 e. The number of anilines is 4. The molecule has 0 aliphatic rings. The average Bonchev–Trinajstić information content (AvgIpc) is 1.69. The zero-order valence-electron chi connectivity index (χ0n) is 58.5. The lowest BCUT2D eigenvalue weighted by atomic mass is 10.1. The van der Waals surface area contributed by atoms with Crippen LogP contribution in [-0.2, 0) is 115 Å². The quantitative estimate of drug-likeness (QED) is 0.0229. The lowest BCUT2D eigenvalue weighted by molar-refractivity contribution is -0.124. The first-order valence-corrected chi connectivity index (χ1v) is 32.9. The van der Waals surface area contributed by atoms with Gasteiger partial charge in [0.2, 0.25) is 23.3 Å². The lowest BCUT2D eigenvalue weighted by Gasteiger charge is -2.06. The third-order valence-electron chi connectivity index (χ3n) is 16.3. The minimum atomic E-state index is -0.577. The van der Waals surface area contributed by atoms with E-state index < -0.39 is 23.6 Å². The van der Waals surface area contributed by atoms with E-state index in [1.165, 1.54) is 49.6 Å². The summed E-state index contributed by atoms with van der Waals surface area (Å²) in [5, 5.41) is 13.6. The summed E-state index contributed by atoms with van der Waals surface area (Å²) in [6, 6.07) is 7.79. The highest BCUT2D eigenvalue weighted by atomic mass is 16.5. The number of rotatable bonds is 41. The summed E-state index contributed by atoms with van der Waals surface area (Å²) in [6.45, 7) is 5.21. The van der Waals surface area contributed by atoms with Gasteiger partial charge in [0.1, 0.15) is 35.3 Å². The fraction of sp³-hybridized carbons (Fsp3) is 0.414. The molecule has 5 N–H and O–H groups in total. The van der Waals surface area contributed by atoms with Gasteiger partial charge >= 0.3 is 0 Å². The summed E-state index contributed by atoms with van der Waals surface area (Å²) >= 11 is 0. The second kappa shape index (κ2) is 35.1. The van der Waals surface area contributed by atoms with Crippen LogP contribution in [0.25, 0.3) is 0 Å². The zero-order valence-corrected chi connectivity index (χ0v) is 58.5. The second-order valence-corrected chi connectivity index (χ2v) is 24.8. The van der Waals surface area contributed by atoms with E-state index in [1.807, 2.05) is 0 Å². The van der Waals surface area contributed by atoms with E-state index in [0.29, 0.717) is 116 Å². The molecular formula is C70H86N16O15. The molecule has 0 saturated carbocycles. The molecule has 0 bridgehead atoms.